The number of amides is 2. The van der Waals surface area contributed by atoms with Crippen LogP contribution in [0.2, 0.25) is 0 Å². The largest absolute Gasteiger partial charge is 0.496 e. The summed E-state index contributed by atoms with van der Waals surface area (Å²) in [7, 11) is -1.32. The maximum absolute atomic E-state index is 12.9. The van der Waals surface area contributed by atoms with E-state index < -0.39 is 11.0 Å². The van der Waals surface area contributed by atoms with E-state index in [1.54, 1.807) is 66.8 Å². The van der Waals surface area contributed by atoms with E-state index in [0.717, 1.165) is 29.5 Å². The van der Waals surface area contributed by atoms with Crippen molar-refractivity contribution in [3.63, 3.8) is 0 Å². The van der Waals surface area contributed by atoms with Crippen molar-refractivity contribution in [2.45, 2.75) is 46.6 Å². The molecule has 0 spiro atoms. The fourth-order valence-corrected chi connectivity index (χ4v) is 6.45. The first-order chi connectivity index (χ1) is 24.0. The second-order valence-corrected chi connectivity index (χ2v) is 12.1. The molecule has 0 radical (unpaired) electrons. The van der Waals surface area contributed by atoms with Crippen molar-refractivity contribution in [1.29, 1.82) is 0 Å². The molecule has 5 aromatic rings. The first-order valence-electron chi connectivity index (χ1n) is 15.7. The minimum Gasteiger partial charge on any atom is -0.496 e. The number of carbonyl (C=O) groups is 2. The maximum Gasteiger partial charge on any atom is 0.299 e. The number of aryl methyl sites for hydroxylation is 3. The Bertz CT molecular complexity index is 2170. The molecule has 1 aliphatic heterocycles. The number of pyridine rings is 1. The van der Waals surface area contributed by atoms with Gasteiger partial charge in [-0.1, -0.05) is 35.7 Å². The van der Waals surface area contributed by atoms with E-state index in [4.69, 9.17) is 15.5 Å². The molecule has 0 saturated carbocycles. The molecule has 14 heteroatoms. The van der Waals surface area contributed by atoms with Crippen LogP contribution in [-0.4, -0.2) is 58.1 Å². The number of methoxy groups -OCH3 is 1. The number of ether oxygens (including phenoxy) is 1. The van der Waals surface area contributed by atoms with Crippen LogP contribution in [0.15, 0.2) is 67.1 Å². The van der Waals surface area contributed by atoms with Crippen LogP contribution in [-0.2, 0) is 15.8 Å². The summed E-state index contributed by atoms with van der Waals surface area (Å²) in [5, 5.41) is 2.77. The Morgan fingerprint density at radius 1 is 1.04 bits per heavy atom. The number of anilines is 2. The molecule has 3 aromatic heterocycles. The summed E-state index contributed by atoms with van der Waals surface area (Å²) in [6.45, 7) is 7.87. The number of likely N-dealkylation sites (tertiary alicyclic amines) is 1. The van der Waals surface area contributed by atoms with Crippen molar-refractivity contribution in [2.24, 2.45) is 0 Å². The molecule has 258 valence electrons. The fraction of sp³-hybridized carbons (Fsp3) is 0.250. The van der Waals surface area contributed by atoms with E-state index in [-0.39, 0.29) is 17.9 Å². The number of hydrogen-bond acceptors (Lipinski definition) is 10. The standard InChI is InChI=1S/C27H25N7O3.C9H12O3S/c1-3-7-22(35)33-14-6-8-19(33)26-32-23(24-25(28)30-13-15-34(24)26)17-10-11-18(20(16-17)37-2)27(36)31-21-9-4-5-12-29-21;1-6-4-7(2)9(8(3)5-6)12-13(10)11/h4-5,9-13,15-16,19H,6,8,14H2,1-2H3,(H2,28,30)(H,29,31,36);4-5,13H,1-3H3/t19-;/m0./s1. The summed E-state index contributed by atoms with van der Waals surface area (Å²) >= 11 is 0. The predicted octanol–water partition coefficient (Wildman–Crippen LogP) is 4.84. The smallest absolute Gasteiger partial charge is 0.299 e. The van der Waals surface area contributed by atoms with Crippen LogP contribution in [0, 0.1) is 32.6 Å². The van der Waals surface area contributed by atoms with Gasteiger partial charge in [0.25, 0.3) is 22.8 Å². The highest BCUT2D eigenvalue weighted by Crippen LogP contribution is 2.37. The Morgan fingerprint density at radius 3 is 2.46 bits per heavy atom. The molecule has 3 N–H and O–H groups in total. The van der Waals surface area contributed by atoms with E-state index in [1.807, 2.05) is 37.3 Å². The Kier molecular flexibility index (Phi) is 11.0. The number of nitrogens with one attached hydrogen (secondary N) is 1. The van der Waals surface area contributed by atoms with Crippen molar-refractivity contribution in [2.75, 3.05) is 24.7 Å². The average Bonchev–Trinajstić information content (AvgIpc) is 3.73. The van der Waals surface area contributed by atoms with Crippen LogP contribution < -0.4 is 20.0 Å². The fourth-order valence-electron chi connectivity index (χ4n) is 6.01. The number of benzene rings is 2. The molecule has 2 amide bonds. The number of fused-ring (bicyclic) bond motifs is 1. The minimum absolute atomic E-state index is 0.227. The number of thiol groups is 1. The van der Waals surface area contributed by atoms with Gasteiger partial charge < -0.3 is 24.9 Å². The number of nitrogens with two attached hydrogens (primary N) is 1. The molecule has 6 rings (SSSR count). The zero-order valence-corrected chi connectivity index (χ0v) is 29.2. The quantitative estimate of drug-likeness (QED) is 0.158. The zero-order valence-electron chi connectivity index (χ0n) is 28.3. The summed E-state index contributed by atoms with van der Waals surface area (Å²) in [4.78, 5) is 40.6. The van der Waals surface area contributed by atoms with Crippen LogP contribution in [0.5, 0.6) is 11.5 Å². The lowest BCUT2D eigenvalue weighted by atomic mass is 10.1. The van der Waals surface area contributed by atoms with Gasteiger partial charge in [-0.2, -0.15) is 8.42 Å². The number of nitrogens with zero attached hydrogens (tertiary/aromatic N) is 5. The lowest BCUT2D eigenvalue weighted by Crippen LogP contribution is -2.30. The van der Waals surface area contributed by atoms with Crippen LogP contribution in [0.4, 0.5) is 11.6 Å². The summed E-state index contributed by atoms with van der Waals surface area (Å²) in [5.41, 5.74) is 11.3. The Labute approximate surface area is 291 Å². The molecule has 0 bridgehead atoms. The van der Waals surface area contributed by atoms with Crippen molar-refractivity contribution in [3.05, 3.63) is 95.2 Å². The molecule has 50 heavy (non-hydrogen) atoms. The van der Waals surface area contributed by atoms with Crippen molar-refractivity contribution in [1.82, 2.24) is 24.3 Å². The Morgan fingerprint density at radius 2 is 1.80 bits per heavy atom. The van der Waals surface area contributed by atoms with Gasteiger partial charge in [-0.15, -0.1) is 0 Å². The number of carbonyl (C=O) groups excluding carboxylic acids is 2. The van der Waals surface area contributed by atoms with Gasteiger partial charge in [-0.3, -0.25) is 14.0 Å². The normalized spacial score (nSPS) is 13.6. The Balaban J connectivity index is 0.000000315. The van der Waals surface area contributed by atoms with Gasteiger partial charge in [0.15, 0.2) is 0 Å². The van der Waals surface area contributed by atoms with E-state index in [9.17, 15) is 18.0 Å². The summed E-state index contributed by atoms with van der Waals surface area (Å²) in [6, 6.07) is 14.0. The molecule has 1 aliphatic rings. The summed E-state index contributed by atoms with van der Waals surface area (Å²) in [5.74, 6) is 6.98. The van der Waals surface area contributed by atoms with Gasteiger partial charge in [0.05, 0.1) is 18.7 Å². The molecular weight excluding hydrogens is 659 g/mol. The van der Waals surface area contributed by atoms with Crippen LogP contribution in [0.3, 0.4) is 0 Å². The van der Waals surface area contributed by atoms with E-state index in [1.165, 1.54) is 7.11 Å². The molecule has 0 aliphatic carbocycles. The molecule has 1 fully saturated rings. The van der Waals surface area contributed by atoms with Crippen molar-refractivity contribution in [3.8, 4) is 34.6 Å². The van der Waals surface area contributed by atoms with E-state index in [0.29, 0.717) is 57.8 Å². The first kappa shape index (κ1) is 35.4. The van der Waals surface area contributed by atoms with Gasteiger partial charge >= 0.3 is 0 Å². The SMILES string of the molecule is CC#CC(=O)N1CCC[C@H]1c1nc(-c2ccc(C(=O)Nc3ccccn3)c(OC)c2)c2c(N)nccn12.Cc1cc(C)c(O[SH](=O)=O)c(C)c1. The third kappa shape index (κ3) is 7.68. The lowest BCUT2D eigenvalue weighted by Gasteiger charge is -2.21. The molecule has 13 nitrogen and oxygen atoms in total. The molecule has 1 atom stereocenters. The van der Waals surface area contributed by atoms with Crippen molar-refractivity contribution < 1.29 is 26.9 Å². The number of imidazole rings is 1. The second kappa shape index (κ2) is 15.5. The number of aromatic nitrogens is 4. The number of nitrogen functional groups attached to an aromatic ring is 1. The molecule has 1 saturated heterocycles. The lowest BCUT2D eigenvalue weighted by molar-refractivity contribution is -0.126. The summed E-state index contributed by atoms with van der Waals surface area (Å²) in [6.07, 6.45) is 6.60. The first-order valence-corrected chi connectivity index (χ1v) is 16.8. The second-order valence-electron chi connectivity index (χ2n) is 11.5. The van der Waals surface area contributed by atoms with Gasteiger partial charge in [-0.05, 0) is 81.8 Å². The van der Waals surface area contributed by atoms with Gasteiger partial charge in [0, 0.05) is 30.7 Å². The average molecular weight is 696 g/mol. The van der Waals surface area contributed by atoms with Gasteiger partial charge in [0.1, 0.15) is 40.2 Å². The van der Waals surface area contributed by atoms with Crippen LogP contribution in [0.25, 0.3) is 16.8 Å². The molecular formula is C36H37N7O6S. The van der Waals surface area contributed by atoms with Crippen LogP contribution in [0.1, 0.15) is 58.7 Å². The third-order valence-electron chi connectivity index (χ3n) is 8.05. The van der Waals surface area contributed by atoms with Crippen molar-refractivity contribution >= 4 is 40.0 Å². The monoisotopic (exact) mass is 695 g/mol. The highest BCUT2D eigenvalue weighted by Gasteiger charge is 2.33. The zero-order chi connectivity index (χ0) is 35.9. The Hall–Kier alpha value is -5.94. The number of hydrogen-bond donors (Lipinski definition) is 3. The third-order valence-corrected chi connectivity index (χ3v) is 8.38. The maximum atomic E-state index is 12.9. The van der Waals surface area contributed by atoms with Gasteiger partial charge in [-0.25, -0.2) is 15.0 Å². The molecule has 2 aromatic carbocycles. The molecule has 0 unspecified atom stereocenters. The highest BCUT2D eigenvalue weighted by molar-refractivity contribution is 7.67. The number of rotatable bonds is 7. The van der Waals surface area contributed by atoms with Gasteiger partial charge in [0.2, 0.25) is 0 Å². The highest BCUT2D eigenvalue weighted by atomic mass is 32.2. The van der Waals surface area contributed by atoms with Crippen LogP contribution >= 0.6 is 0 Å². The molecule has 4 heterocycles. The topological polar surface area (TPSA) is 171 Å². The minimum atomic E-state index is -2.82. The summed E-state index contributed by atoms with van der Waals surface area (Å²) < 4.78 is 32.9. The van der Waals surface area contributed by atoms with E-state index in [2.05, 4.69) is 31.3 Å². The predicted molar refractivity (Wildman–Crippen MR) is 190 cm³/mol. The van der Waals surface area contributed by atoms with E-state index >= 15 is 0 Å².